The zero-order chi connectivity index (χ0) is 19.2. The van der Waals surface area contributed by atoms with Crippen LogP contribution in [0.2, 0.25) is 5.02 Å². The van der Waals surface area contributed by atoms with E-state index in [0.717, 1.165) is 47.9 Å². The normalized spacial score (nSPS) is 15.0. The quantitative estimate of drug-likeness (QED) is 0.496. The Balaban J connectivity index is 1.53. The number of likely N-dealkylation sites (tertiary alicyclic amines) is 1. The largest absolute Gasteiger partial charge is 0.300 e. The lowest BCUT2D eigenvalue weighted by atomic mass is 10.1. The highest BCUT2D eigenvalue weighted by molar-refractivity contribution is 7.98. The maximum atomic E-state index is 6.13. The van der Waals surface area contributed by atoms with Gasteiger partial charge in [-0.1, -0.05) is 72.2 Å². The third-order valence-electron chi connectivity index (χ3n) is 5.05. The van der Waals surface area contributed by atoms with Gasteiger partial charge in [0.1, 0.15) is 5.82 Å². The van der Waals surface area contributed by atoms with E-state index in [2.05, 4.69) is 56.1 Å². The third kappa shape index (κ3) is 5.16. The minimum atomic E-state index is 0.773. The number of nitrogens with zero attached hydrogens (tertiary/aromatic N) is 4. The van der Waals surface area contributed by atoms with Gasteiger partial charge in [0.2, 0.25) is 0 Å². The predicted molar refractivity (Wildman–Crippen MR) is 116 cm³/mol. The Morgan fingerprint density at radius 2 is 1.64 bits per heavy atom. The van der Waals surface area contributed by atoms with E-state index < -0.39 is 0 Å². The highest BCUT2D eigenvalue weighted by atomic mass is 35.5. The Hall–Kier alpha value is -1.82. The molecule has 0 radical (unpaired) electrons. The van der Waals surface area contributed by atoms with E-state index >= 15 is 0 Å². The number of benzene rings is 2. The SMILES string of the molecule is Clc1cccc(CSc2nnc(CN3CCCCC3)n2Cc2ccccc2)c1. The molecule has 0 saturated carbocycles. The molecule has 2 aromatic carbocycles. The molecule has 3 aromatic rings. The van der Waals surface area contributed by atoms with Crippen molar-refractivity contribution in [3.63, 3.8) is 0 Å². The number of hydrogen-bond donors (Lipinski definition) is 0. The Kier molecular flexibility index (Phi) is 6.68. The maximum absolute atomic E-state index is 6.13. The van der Waals surface area contributed by atoms with E-state index in [9.17, 15) is 0 Å². The number of hydrogen-bond acceptors (Lipinski definition) is 4. The number of aromatic nitrogens is 3. The van der Waals surface area contributed by atoms with Crippen molar-refractivity contribution in [2.24, 2.45) is 0 Å². The van der Waals surface area contributed by atoms with Crippen molar-refractivity contribution in [3.05, 3.63) is 76.6 Å². The number of halogens is 1. The van der Waals surface area contributed by atoms with E-state index in [-0.39, 0.29) is 0 Å². The van der Waals surface area contributed by atoms with Crippen molar-refractivity contribution < 1.29 is 0 Å². The molecule has 1 aliphatic rings. The fraction of sp³-hybridized carbons (Fsp3) is 0.364. The van der Waals surface area contributed by atoms with Crippen molar-refractivity contribution in [2.75, 3.05) is 13.1 Å². The maximum Gasteiger partial charge on any atom is 0.191 e. The molecule has 0 bridgehead atoms. The van der Waals surface area contributed by atoms with Gasteiger partial charge in [-0.3, -0.25) is 4.90 Å². The van der Waals surface area contributed by atoms with Crippen LogP contribution in [0.25, 0.3) is 0 Å². The van der Waals surface area contributed by atoms with Gasteiger partial charge in [-0.15, -0.1) is 10.2 Å². The molecule has 1 saturated heterocycles. The smallest absolute Gasteiger partial charge is 0.191 e. The number of rotatable bonds is 7. The summed E-state index contributed by atoms with van der Waals surface area (Å²) in [7, 11) is 0. The molecule has 0 atom stereocenters. The minimum absolute atomic E-state index is 0.773. The van der Waals surface area contributed by atoms with Gasteiger partial charge >= 0.3 is 0 Å². The van der Waals surface area contributed by atoms with Gasteiger partial charge in [0, 0.05) is 10.8 Å². The lowest BCUT2D eigenvalue weighted by molar-refractivity contribution is 0.213. The first kappa shape index (κ1) is 19.5. The van der Waals surface area contributed by atoms with Crippen LogP contribution in [0.1, 0.15) is 36.2 Å². The van der Waals surface area contributed by atoms with Crippen LogP contribution in [-0.2, 0) is 18.8 Å². The van der Waals surface area contributed by atoms with Gasteiger partial charge in [-0.05, 0) is 49.2 Å². The first-order chi connectivity index (χ1) is 13.8. The van der Waals surface area contributed by atoms with Crippen LogP contribution in [0, 0.1) is 0 Å². The van der Waals surface area contributed by atoms with E-state index in [0.29, 0.717) is 0 Å². The molecule has 0 aliphatic carbocycles. The van der Waals surface area contributed by atoms with Crippen molar-refractivity contribution in [2.45, 2.75) is 43.3 Å². The van der Waals surface area contributed by atoms with Crippen LogP contribution in [0.4, 0.5) is 0 Å². The average molecular weight is 413 g/mol. The molecule has 0 amide bonds. The lowest BCUT2D eigenvalue weighted by Gasteiger charge is -2.26. The molecule has 146 valence electrons. The highest BCUT2D eigenvalue weighted by Crippen LogP contribution is 2.25. The standard InChI is InChI=1S/C22H25ClN4S/c23-20-11-7-10-19(14-20)17-28-22-25-24-21(16-26-12-5-2-6-13-26)27(22)15-18-8-3-1-4-9-18/h1,3-4,7-11,14H,2,5-6,12-13,15-17H2. The first-order valence-corrected chi connectivity index (χ1v) is 11.2. The van der Waals surface area contributed by atoms with Gasteiger partial charge in [-0.2, -0.15) is 0 Å². The molecule has 1 aromatic heterocycles. The lowest BCUT2D eigenvalue weighted by Crippen LogP contribution is -2.30. The summed E-state index contributed by atoms with van der Waals surface area (Å²) in [5, 5.41) is 10.8. The molecule has 1 aliphatic heterocycles. The van der Waals surface area contributed by atoms with Gasteiger partial charge in [0.25, 0.3) is 0 Å². The number of thioether (sulfide) groups is 1. The second-order valence-corrected chi connectivity index (χ2v) is 8.60. The van der Waals surface area contributed by atoms with Crippen LogP contribution < -0.4 is 0 Å². The molecular formula is C22H25ClN4S. The van der Waals surface area contributed by atoms with Crippen LogP contribution >= 0.6 is 23.4 Å². The van der Waals surface area contributed by atoms with Crippen LogP contribution in [-0.4, -0.2) is 32.8 Å². The zero-order valence-corrected chi connectivity index (χ0v) is 17.5. The van der Waals surface area contributed by atoms with Crippen LogP contribution in [0.3, 0.4) is 0 Å². The first-order valence-electron chi connectivity index (χ1n) is 9.83. The summed E-state index contributed by atoms with van der Waals surface area (Å²) in [6, 6.07) is 18.6. The van der Waals surface area contributed by atoms with Crippen molar-refractivity contribution >= 4 is 23.4 Å². The Morgan fingerprint density at radius 1 is 0.857 bits per heavy atom. The molecule has 0 N–H and O–H groups in total. The van der Waals surface area contributed by atoms with E-state index in [1.165, 1.54) is 30.4 Å². The topological polar surface area (TPSA) is 34.0 Å². The minimum Gasteiger partial charge on any atom is -0.300 e. The van der Waals surface area contributed by atoms with Gasteiger partial charge in [0.05, 0.1) is 13.1 Å². The summed E-state index contributed by atoms with van der Waals surface area (Å²) in [4.78, 5) is 2.50. The van der Waals surface area contributed by atoms with Crippen molar-refractivity contribution in [1.82, 2.24) is 19.7 Å². The molecule has 0 unspecified atom stereocenters. The van der Waals surface area contributed by atoms with Crippen LogP contribution in [0.15, 0.2) is 59.8 Å². The van der Waals surface area contributed by atoms with Gasteiger partial charge in [-0.25, -0.2) is 0 Å². The predicted octanol–water partition coefficient (Wildman–Crippen LogP) is 5.26. The molecule has 4 nitrogen and oxygen atoms in total. The van der Waals surface area contributed by atoms with Crippen molar-refractivity contribution in [3.8, 4) is 0 Å². The molecule has 28 heavy (non-hydrogen) atoms. The Labute approximate surface area is 175 Å². The van der Waals surface area contributed by atoms with E-state index in [4.69, 9.17) is 11.6 Å². The summed E-state index contributed by atoms with van der Waals surface area (Å²) in [6.07, 6.45) is 3.90. The monoisotopic (exact) mass is 412 g/mol. The molecule has 1 fully saturated rings. The molecule has 4 rings (SSSR count). The van der Waals surface area contributed by atoms with Gasteiger partial charge in [0.15, 0.2) is 5.16 Å². The fourth-order valence-electron chi connectivity index (χ4n) is 3.56. The number of piperidine rings is 1. The molecule has 2 heterocycles. The third-order valence-corrected chi connectivity index (χ3v) is 6.32. The van der Waals surface area contributed by atoms with Gasteiger partial charge < -0.3 is 4.57 Å². The Bertz CT molecular complexity index is 891. The second-order valence-electron chi connectivity index (χ2n) is 7.23. The average Bonchev–Trinajstić information content (AvgIpc) is 3.09. The van der Waals surface area contributed by atoms with Crippen LogP contribution in [0.5, 0.6) is 0 Å². The summed E-state index contributed by atoms with van der Waals surface area (Å²) in [5.74, 6) is 1.89. The fourth-order valence-corrected chi connectivity index (χ4v) is 4.67. The Morgan fingerprint density at radius 3 is 2.43 bits per heavy atom. The van der Waals surface area contributed by atoms with E-state index in [1.807, 2.05) is 18.2 Å². The molecule has 6 heteroatoms. The molecular weight excluding hydrogens is 388 g/mol. The second kappa shape index (κ2) is 9.59. The zero-order valence-electron chi connectivity index (χ0n) is 15.9. The summed E-state index contributed by atoms with van der Waals surface area (Å²) >= 11 is 7.85. The highest BCUT2D eigenvalue weighted by Gasteiger charge is 2.18. The van der Waals surface area contributed by atoms with E-state index in [1.54, 1.807) is 11.8 Å². The molecule has 0 spiro atoms. The summed E-state index contributed by atoms with van der Waals surface area (Å²) in [5.41, 5.74) is 2.47. The van der Waals surface area contributed by atoms with Crippen molar-refractivity contribution in [1.29, 1.82) is 0 Å². The summed E-state index contributed by atoms with van der Waals surface area (Å²) < 4.78 is 2.28. The summed E-state index contributed by atoms with van der Waals surface area (Å²) in [6.45, 7) is 3.98.